The zero-order valence-electron chi connectivity index (χ0n) is 15.1. The Bertz CT molecular complexity index is 833. The van der Waals surface area contributed by atoms with Crippen molar-refractivity contribution in [1.29, 1.82) is 0 Å². The molecule has 10 nitrogen and oxygen atoms in total. The molecule has 2 aromatic rings. The lowest BCUT2D eigenvalue weighted by atomic mass is 10.2. The van der Waals surface area contributed by atoms with Crippen LogP contribution in [0.15, 0.2) is 6.33 Å². The SMILES string of the molecule is C#CC(O)[C@@H](CO[PH](C)=O)O[C@H](C)n1cnc2c(N(C)C)nc(N)nc21. The van der Waals surface area contributed by atoms with Crippen molar-refractivity contribution in [1.82, 2.24) is 19.5 Å². The van der Waals surface area contributed by atoms with Crippen LogP contribution in [0.1, 0.15) is 13.2 Å². The van der Waals surface area contributed by atoms with Gasteiger partial charge in [-0.15, -0.1) is 6.42 Å². The molecule has 0 aromatic carbocycles. The van der Waals surface area contributed by atoms with Gasteiger partial charge in [0.05, 0.1) is 12.9 Å². The number of nitrogens with zero attached hydrogens (tertiary/aromatic N) is 5. The van der Waals surface area contributed by atoms with Crippen LogP contribution < -0.4 is 10.6 Å². The average molecular weight is 382 g/mol. The number of aromatic nitrogens is 4. The molecule has 2 unspecified atom stereocenters. The van der Waals surface area contributed by atoms with Crippen LogP contribution >= 0.6 is 8.03 Å². The third-order valence-electron chi connectivity index (χ3n) is 3.58. The second-order valence-electron chi connectivity index (χ2n) is 5.81. The van der Waals surface area contributed by atoms with E-state index >= 15 is 0 Å². The minimum Gasteiger partial charge on any atom is -0.378 e. The van der Waals surface area contributed by atoms with E-state index in [1.807, 2.05) is 14.1 Å². The number of hydrogen-bond donors (Lipinski definition) is 2. The van der Waals surface area contributed by atoms with Gasteiger partial charge in [0, 0.05) is 20.8 Å². The lowest BCUT2D eigenvalue weighted by Crippen LogP contribution is -2.33. The van der Waals surface area contributed by atoms with E-state index in [2.05, 4.69) is 20.9 Å². The van der Waals surface area contributed by atoms with E-state index < -0.39 is 26.5 Å². The second-order valence-corrected chi connectivity index (χ2v) is 7.08. The molecule has 3 N–H and O–H groups in total. The first-order valence-electron chi connectivity index (χ1n) is 7.85. The zero-order chi connectivity index (χ0) is 19.4. The highest BCUT2D eigenvalue weighted by atomic mass is 31.1. The van der Waals surface area contributed by atoms with E-state index in [1.54, 1.807) is 22.7 Å². The molecule has 11 heteroatoms. The molecule has 2 rings (SSSR count). The number of anilines is 2. The maximum atomic E-state index is 11.2. The van der Waals surface area contributed by atoms with Gasteiger partial charge in [-0.05, 0) is 6.92 Å². The standard InChI is InChI=1S/C15H23N6O4P/c1-6-10(22)11(7-24-26(5)23)25-9(2)21-8-17-12-13(20(3)4)18-15(16)19-14(12)21/h1,8-11,22,26H,7H2,2-5H3,(H2,16,18,19)/t9-,10?,11-/m1/s1. The van der Waals surface area contributed by atoms with Crippen molar-refractivity contribution < 1.29 is 18.9 Å². The molecule has 0 radical (unpaired) electrons. The first-order valence-corrected chi connectivity index (χ1v) is 9.66. The maximum Gasteiger partial charge on any atom is 0.224 e. The number of fused-ring (bicyclic) bond motifs is 1. The first kappa shape index (κ1) is 20.1. The Hall–Kier alpha value is -2.18. The minimum atomic E-state index is -2.19. The van der Waals surface area contributed by atoms with Gasteiger partial charge < -0.3 is 25.0 Å². The summed E-state index contributed by atoms with van der Waals surface area (Å²) in [6, 6.07) is 0. The van der Waals surface area contributed by atoms with Crippen molar-refractivity contribution in [2.24, 2.45) is 0 Å². The molecule has 26 heavy (non-hydrogen) atoms. The average Bonchev–Trinajstić information content (AvgIpc) is 3.00. The summed E-state index contributed by atoms with van der Waals surface area (Å²) in [5, 5.41) is 9.94. The summed E-state index contributed by atoms with van der Waals surface area (Å²) in [4.78, 5) is 14.5. The summed E-state index contributed by atoms with van der Waals surface area (Å²) in [6.45, 7) is 3.08. The van der Waals surface area contributed by atoms with Crippen molar-refractivity contribution in [3.63, 3.8) is 0 Å². The van der Waals surface area contributed by atoms with Crippen LogP contribution in [0.2, 0.25) is 0 Å². The predicted molar refractivity (Wildman–Crippen MR) is 99.4 cm³/mol. The van der Waals surface area contributed by atoms with Crippen LogP contribution in [0.5, 0.6) is 0 Å². The summed E-state index contributed by atoms with van der Waals surface area (Å²) < 4.78 is 23.8. The molecule has 0 aliphatic rings. The molecule has 2 aromatic heterocycles. The van der Waals surface area contributed by atoms with Crippen LogP contribution in [0.25, 0.3) is 11.2 Å². The highest BCUT2D eigenvalue weighted by molar-refractivity contribution is 7.38. The molecule has 0 saturated heterocycles. The Morgan fingerprint density at radius 1 is 1.50 bits per heavy atom. The van der Waals surface area contributed by atoms with Gasteiger partial charge in [0.2, 0.25) is 5.95 Å². The molecule has 2 heterocycles. The summed E-state index contributed by atoms with van der Waals surface area (Å²) in [7, 11) is 1.46. The number of rotatable bonds is 8. The van der Waals surface area contributed by atoms with Gasteiger partial charge in [-0.1, -0.05) is 5.92 Å². The molecule has 4 atom stereocenters. The van der Waals surface area contributed by atoms with E-state index in [9.17, 15) is 9.67 Å². The molecule has 142 valence electrons. The van der Waals surface area contributed by atoms with Gasteiger partial charge in [0.15, 0.2) is 25.0 Å². The van der Waals surface area contributed by atoms with Crippen LogP contribution in [0, 0.1) is 12.3 Å². The molecular weight excluding hydrogens is 359 g/mol. The van der Waals surface area contributed by atoms with Crippen molar-refractivity contribution in [3.05, 3.63) is 6.33 Å². The Morgan fingerprint density at radius 3 is 2.77 bits per heavy atom. The third kappa shape index (κ3) is 4.51. The second kappa shape index (κ2) is 8.47. The number of hydrogen-bond acceptors (Lipinski definition) is 9. The lowest BCUT2D eigenvalue weighted by molar-refractivity contribution is -0.0957. The molecule has 0 aliphatic carbocycles. The summed E-state index contributed by atoms with van der Waals surface area (Å²) in [5.74, 6) is 2.87. The fourth-order valence-electron chi connectivity index (χ4n) is 2.33. The van der Waals surface area contributed by atoms with Crippen LogP contribution in [-0.2, 0) is 13.8 Å². The molecule has 0 saturated carbocycles. The minimum absolute atomic E-state index is 0.100. The highest BCUT2D eigenvalue weighted by Crippen LogP contribution is 2.26. The topological polar surface area (TPSA) is 129 Å². The number of nitrogens with two attached hydrogens (primary N) is 1. The summed E-state index contributed by atoms with van der Waals surface area (Å²) >= 11 is 0. The number of ether oxygens (including phenoxy) is 1. The number of imidazole rings is 1. The van der Waals surface area contributed by atoms with Crippen LogP contribution in [0.4, 0.5) is 11.8 Å². The fourth-order valence-corrected chi connectivity index (χ4v) is 2.73. The van der Waals surface area contributed by atoms with Crippen molar-refractivity contribution in [3.8, 4) is 12.3 Å². The van der Waals surface area contributed by atoms with Crippen molar-refractivity contribution in [2.45, 2.75) is 25.4 Å². The fraction of sp³-hybridized carbons (Fsp3) is 0.533. The van der Waals surface area contributed by atoms with Crippen molar-refractivity contribution in [2.75, 3.05) is 38.0 Å². The smallest absolute Gasteiger partial charge is 0.224 e. The number of aliphatic hydroxyl groups is 1. The van der Waals surface area contributed by atoms with Gasteiger partial charge >= 0.3 is 0 Å². The van der Waals surface area contributed by atoms with Crippen LogP contribution in [-0.4, -0.2) is 64.2 Å². The highest BCUT2D eigenvalue weighted by Gasteiger charge is 2.24. The normalized spacial score (nSPS) is 16.0. The summed E-state index contributed by atoms with van der Waals surface area (Å²) in [5.41, 5.74) is 6.83. The van der Waals surface area contributed by atoms with Gasteiger partial charge in [0.25, 0.3) is 0 Å². The van der Waals surface area contributed by atoms with Crippen molar-refractivity contribution >= 4 is 31.0 Å². The van der Waals surface area contributed by atoms with Crippen LogP contribution in [0.3, 0.4) is 0 Å². The maximum absolute atomic E-state index is 11.2. The molecule has 0 bridgehead atoms. The van der Waals surface area contributed by atoms with Gasteiger partial charge in [-0.2, -0.15) is 9.97 Å². The summed E-state index contributed by atoms with van der Waals surface area (Å²) in [6.07, 6.45) is 4.13. The van der Waals surface area contributed by atoms with E-state index in [4.69, 9.17) is 21.4 Å². The third-order valence-corrected chi connectivity index (χ3v) is 4.15. The predicted octanol–water partition coefficient (Wildman–Crippen LogP) is 0.493. The first-order chi connectivity index (χ1) is 12.2. The quantitative estimate of drug-likeness (QED) is 0.495. The molecule has 0 amide bonds. The van der Waals surface area contributed by atoms with E-state index in [0.717, 1.165) is 0 Å². The number of aliphatic hydroxyl groups excluding tert-OH is 1. The number of nitrogen functional groups attached to an aromatic ring is 1. The zero-order valence-corrected chi connectivity index (χ0v) is 16.1. The largest absolute Gasteiger partial charge is 0.378 e. The van der Waals surface area contributed by atoms with E-state index in [0.29, 0.717) is 17.0 Å². The Labute approximate surface area is 152 Å². The molecule has 0 spiro atoms. The number of terminal acetylenes is 1. The Balaban J connectivity index is 2.32. The Kier molecular flexibility index (Phi) is 6.56. The van der Waals surface area contributed by atoms with E-state index in [1.165, 1.54) is 6.66 Å². The molecular formula is C15H23N6O4P. The van der Waals surface area contributed by atoms with Gasteiger partial charge in [-0.25, -0.2) is 4.98 Å². The van der Waals surface area contributed by atoms with Gasteiger partial charge in [-0.3, -0.25) is 9.13 Å². The monoisotopic (exact) mass is 382 g/mol. The molecule has 0 fully saturated rings. The van der Waals surface area contributed by atoms with E-state index in [-0.39, 0.29) is 12.6 Å². The molecule has 0 aliphatic heterocycles. The van der Waals surface area contributed by atoms with Gasteiger partial charge in [0.1, 0.15) is 18.4 Å². The lowest BCUT2D eigenvalue weighted by Gasteiger charge is -2.24. The Morgan fingerprint density at radius 2 is 2.19 bits per heavy atom.